The molecule has 2 heterocycles. The van der Waals surface area contributed by atoms with Crippen LogP contribution in [0.15, 0.2) is 72.2 Å². The Morgan fingerprint density at radius 2 is 1.41 bits per heavy atom. The molecule has 0 aromatic heterocycles. The molecule has 2 aliphatic rings. The summed E-state index contributed by atoms with van der Waals surface area (Å²) in [6.07, 6.45) is 0. The molecule has 0 bridgehead atoms. The van der Waals surface area contributed by atoms with Gasteiger partial charge >= 0.3 is 6.03 Å². The van der Waals surface area contributed by atoms with Gasteiger partial charge in [-0.25, -0.2) is 27.4 Å². The Hall–Kier alpha value is -5.11. The van der Waals surface area contributed by atoms with Crippen molar-refractivity contribution in [1.82, 2.24) is 21.0 Å². The van der Waals surface area contributed by atoms with E-state index in [0.29, 0.717) is 23.8 Å². The summed E-state index contributed by atoms with van der Waals surface area (Å²) in [4.78, 5) is 39.8. The van der Waals surface area contributed by atoms with Gasteiger partial charge in [-0.3, -0.25) is 19.9 Å². The van der Waals surface area contributed by atoms with Gasteiger partial charge in [0.05, 0.1) is 11.3 Å². The van der Waals surface area contributed by atoms with E-state index < -0.39 is 57.6 Å². The van der Waals surface area contributed by atoms with Gasteiger partial charge in [-0.15, -0.1) is 5.53 Å². The number of nitrogens with zero attached hydrogens (tertiary/aromatic N) is 3. The van der Waals surface area contributed by atoms with Gasteiger partial charge < -0.3 is 11.1 Å². The van der Waals surface area contributed by atoms with Gasteiger partial charge in [-0.1, -0.05) is 12.1 Å². The lowest BCUT2D eigenvalue weighted by Crippen LogP contribution is -2.48. The van der Waals surface area contributed by atoms with Gasteiger partial charge in [-0.05, 0) is 48.5 Å². The van der Waals surface area contributed by atoms with Crippen molar-refractivity contribution in [1.29, 1.82) is 0 Å². The molecular weight excluding hydrogens is 522 g/mol. The summed E-state index contributed by atoms with van der Waals surface area (Å²) in [5.41, 5.74) is 9.43. The lowest BCUT2D eigenvalue weighted by molar-refractivity contribution is 0.0614. The maximum absolute atomic E-state index is 14.5. The minimum absolute atomic E-state index is 0.276. The SMILES string of the molecule is NC1=C(C(=O)c2c(F)cccc2F)N(Nc2ccc(N3CCNC3=O)cc2)NN1C(=O)c1c(F)cccc1F. The Morgan fingerprint density at radius 1 is 0.846 bits per heavy atom. The zero-order valence-electron chi connectivity index (χ0n) is 19.8. The summed E-state index contributed by atoms with van der Waals surface area (Å²) in [6.45, 7) is 0.931. The number of carbonyl (C=O) groups excluding carboxylic acids is 3. The van der Waals surface area contributed by atoms with Gasteiger partial charge in [0.2, 0.25) is 5.78 Å². The second-order valence-corrected chi connectivity index (χ2v) is 8.37. The molecule has 0 saturated carbocycles. The van der Waals surface area contributed by atoms with Crippen LogP contribution in [0, 0.1) is 23.3 Å². The zero-order chi connectivity index (χ0) is 27.8. The van der Waals surface area contributed by atoms with Crippen LogP contribution < -0.4 is 26.9 Å². The molecule has 10 nitrogen and oxygen atoms in total. The lowest BCUT2D eigenvalue weighted by Gasteiger charge is -2.25. The summed E-state index contributed by atoms with van der Waals surface area (Å²) in [7, 11) is 0. The number of allylic oxidation sites excluding steroid dienone is 1. The van der Waals surface area contributed by atoms with E-state index >= 15 is 0 Å². The van der Waals surface area contributed by atoms with E-state index in [-0.39, 0.29) is 11.7 Å². The van der Waals surface area contributed by atoms with Crippen LogP contribution in [0.25, 0.3) is 0 Å². The van der Waals surface area contributed by atoms with Crippen LogP contribution in [0.3, 0.4) is 0 Å². The monoisotopic (exact) mass is 541 g/mol. The molecule has 0 unspecified atom stereocenters. The number of halogens is 4. The molecule has 1 fully saturated rings. The number of nitrogens with two attached hydrogens (primary N) is 1. The number of amides is 3. The standard InChI is InChI=1S/C25H19F4N7O3/c26-15-3-1-4-16(27)19(15)22(37)21-23(30)35(24(38)20-17(28)5-2-6-18(20)29)33-36(21)32-13-7-9-14(10-8-13)34-12-11-31-25(34)39/h1-10,32-33H,11-12,30H2,(H,31,39). The first kappa shape index (κ1) is 25.5. The van der Waals surface area contributed by atoms with Crippen LogP contribution in [-0.2, 0) is 0 Å². The molecule has 14 heteroatoms. The number of nitrogens with one attached hydrogen (secondary N) is 3. The zero-order valence-corrected chi connectivity index (χ0v) is 19.8. The molecule has 2 aliphatic heterocycles. The number of carbonyl (C=O) groups is 3. The van der Waals surface area contributed by atoms with Crippen molar-refractivity contribution in [2.24, 2.45) is 5.73 Å². The second-order valence-electron chi connectivity index (χ2n) is 8.37. The molecule has 0 spiro atoms. The summed E-state index contributed by atoms with van der Waals surface area (Å²) in [5.74, 6) is -8.06. The quantitative estimate of drug-likeness (QED) is 0.280. The molecule has 1 saturated heterocycles. The average molecular weight is 541 g/mol. The topological polar surface area (TPSA) is 123 Å². The third-order valence-corrected chi connectivity index (χ3v) is 5.97. The summed E-state index contributed by atoms with van der Waals surface area (Å²) >= 11 is 0. The van der Waals surface area contributed by atoms with Crippen LogP contribution >= 0.6 is 0 Å². The largest absolute Gasteiger partial charge is 0.382 e. The van der Waals surface area contributed by atoms with Gasteiger partial charge in [0.25, 0.3) is 5.91 Å². The molecule has 3 amide bonds. The fourth-order valence-corrected chi connectivity index (χ4v) is 4.09. The predicted octanol–water partition coefficient (Wildman–Crippen LogP) is 2.99. The number of hydrazine groups is 3. The van der Waals surface area contributed by atoms with E-state index in [1.165, 1.54) is 17.0 Å². The van der Waals surface area contributed by atoms with E-state index in [1.807, 2.05) is 0 Å². The van der Waals surface area contributed by atoms with Crippen molar-refractivity contribution in [3.05, 3.63) is 107 Å². The highest BCUT2D eigenvalue weighted by Crippen LogP contribution is 2.28. The van der Waals surface area contributed by atoms with E-state index in [9.17, 15) is 31.9 Å². The first-order chi connectivity index (χ1) is 18.7. The van der Waals surface area contributed by atoms with E-state index in [0.717, 1.165) is 41.5 Å². The van der Waals surface area contributed by atoms with E-state index in [2.05, 4.69) is 16.3 Å². The smallest absolute Gasteiger partial charge is 0.321 e. The molecule has 0 radical (unpaired) electrons. The number of hydrogen-bond donors (Lipinski definition) is 4. The maximum Gasteiger partial charge on any atom is 0.321 e. The molecule has 200 valence electrons. The fraction of sp³-hybridized carbons (Fsp3) is 0.0800. The minimum Gasteiger partial charge on any atom is -0.382 e. The maximum atomic E-state index is 14.5. The van der Waals surface area contributed by atoms with Crippen molar-refractivity contribution < 1.29 is 31.9 Å². The van der Waals surface area contributed by atoms with Crippen molar-refractivity contribution in [3.8, 4) is 0 Å². The summed E-state index contributed by atoms with van der Waals surface area (Å²) < 4.78 is 57.7. The summed E-state index contributed by atoms with van der Waals surface area (Å²) in [5, 5.41) is 3.92. The number of Topliss-reactive ketones (excluding diaryl/α,β-unsaturated/α-hetero) is 1. The molecule has 5 rings (SSSR count). The van der Waals surface area contributed by atoms with Gasteiger partial charge in [0.1, 0.15) is 28.8 Å². The normalized spacial score (nSPS) is 15.2. The molecule has 5 N–H and O–H groups in total. The Kier molecular flexibility index (Phi) is 6.54. The first-order valence-corrected chi connectivity index (χ1v) is 11.4. The highest BCUT2D eigenvalue weighted by Gasteiger charge is 2.39. The highest BCUT2D eigenvalue weighted by atomic mass is 19.1. The Morgan fingerprint density at radius 3 is 1.95 bits per heavy atom. The number of anilines is 2. The number of benzene rings is 3. The number of hydrogen-bond acceptors (Lipinski definition) is 7. The molecule has 39 heavy (non-hydrogen) atoms. The Labute approximate surface area is 218 Å². The first-order valence-electron chi connectivity index (χ1n) is 11.4. The molecule has 3 aromatic rings. The minimum atomic E-state index is -1.32. The van der Waals surface area contributed by atoms with Gasteiger partial charge in [0, 0.05) is 18.8 Å². The molecular formula is C25H19F4N7O3. The number of ketones is 1. The molecule has 3 aromatic carbocycles. The van der Waals surface area contributed by atoms with Gasteiger partial charge in [0.15, 0.2) is 11.5 Å². The number of urea groups is 1. The molecule has 0 aliphatic carbocycles. The van der Waals surface area contributed by atoms with Crippen molar-refractivity contribution in [3.63, 3.8) is 0 Å². The fourth-order valence-electron chi connectivity index (χ4n) is 4.09. The van der Waals surface area contributed by atoms with Crippen LogP contribution in [-0.4, -0.2) is 40.9 Å². The van der Waals surface area contributed by atoms with Crippen molar-refractivity contribution >= 4 is 29.1 Å². The van der Waals surface area contributed by atoms with Crippen LogP contribution in [0.5, 0.6) is 0 Å². The third kappa shape index (κ3) is 4.57. The summed E-state index contributed by atoms with van der Waals surface area (Å²) in [6, 6.07) is 11.5. The Bertz CT molecular complexity index is 1490. The Balaban J connectivity index is 1.51. The third-order valence-electron chi connectivity index (χ3n) is 5.97. The van der Waals surface area contributed by atoms with Crippen LogP contribution in [0.4, 0.5) is 33.7 Å². The van der Waals surface area contributed by atoms with Gasteiger partial charge in [-0.2, -0.15) is 5.12 Å². The predicted molar refractivity (Wildman–Crippen MR) is 130 cm³/mol. The van der Waals surface area contributed by atoms with E-state index in [1.54, 1.807) is 12.1 Å². The average Bonchev–Trinajstić information content (AvgIpc) is 3.46. The van der Waals surface area contributed by atoms with E-state index in [4.69, 9.17) is 5.73 Å². The van der Waals surface area contributed by atoms with Crippen LogP contribution in [0.1, 0.15) is 20.7 Å². The highest BCUT2D eigenvalue weighted by molar-refractivity contribution is 6.10. The van der Waals surface area contributed by atoms with Crippen molar-refractivity contribution in [2.45, 2.75) is 0 Å². The molecule has 0 atom stereocenters. The van der Waals surface area contributed by atoms with Crippen LogP contribution in [0.2, 0.25) is 0 Å². The van der Waals surface area contributed by atoms with Crippen molar-refractivity contribution in [2.75, 3.05) is 23.4 Å². The number of rotatable bonds is 6. The second kappa shape index (κ2) is 9.98. The lowest BCUT2D eigenvalue weighted by atomic mass is 10.1.